The summed E-state index contributed by atoms with van der Waals surface area (Å²) in [5.41, 5.74) is 1.57. The monoisotopic (exact) mass is 406 g/mol. The van der Waals surface area contributed by atoms with E-state index in [9.17, 15) is 19.7 Å². The number of unbranched alkanes of at least 4 members (excludes halogenated alkanes) is 2. The molecule has 9 heteroatoms. The predicted octanol–water partition coefficient (Wildman–Crippen LogP) is 3.65. The Morgan fingerprint density at radius 2 is 1.60 bits per heavy atom. The summed E-state index contributed by atoms with van der Waals surface area (Å²) in [6.07, 6.45) is 2.82. The molecule has 152 valence electrons. The molecule has 4 rings (SSSR count). The smallest absolute Gasteiger partial charge is 0.269 e. The molecule has 0 N–H and O–H groups in total. The topological polar surface area (TPSA) is 119 Å². The maximum absolute atomic E-state index is 12.3. The number of aromatic nitrogens is 2. The molecule has 1 aliphatic rings. The van der Waals surface area contributed by atoms with Crippen LogP contribution >= 0.6 is 0 Å². The van der Waals surface area contributed by atoms with Crippen molar-refractivity contribution < 1.29 is 19.0 Å². The van der Waals surface area contributed by atoms with Gasteiger partial charge < -0.3 is 4.52 Å². The molecule has 2 amide bonds. The third-order valence-electron chi connectivity index (χ3n) is 4.95. The number of non-ortho nitro benzene ring substituents is 1. The highest BCUT2D eigenvalue weighted by Gasteiger charge is 2.34. The zero-order chi connectivity index (χ0) is 21.1. The predicted molar refractivity (Wildman–Crippen MR) is 106 cm³/mol. The molecule has 0 unspecified atom stereocenters. The van der Waals surface area contributed by atoms with E-state index in [0.717, 1.165) is 12.8 Å². The lowest BCUT2D eigenvalue weighted by atomic mass is 10.1. The molecule has 1 aliphatic heterocycles. The fraction of sp³-hybridized carbons (Fsp3) is 0.238. The van der Waals surface area contributed by atoms with Gasteiger partial charge in [0.05, 0.1) is 16.1 Å². The summed E-state index contributed by atoms with van der Waals surface area (Å²) >= 11 is 0. The molecule has 0 saturated carbocycles. The normalized spacial score (nSPS) is 13.0. The van der Waals surface area contributed by atoms with Crippen LogP contribution in [0.4, 0.5) is 5.69 Å². The molecular formula is C21H18N4O5. The lowest BCUT2D eigenvalue weighted by molar-refractivity contribution is -0.384. The molecule has 0 spiro atoms. The molecule has 0 fully saturated rings. The number of hydrogen-bond donors (Lipinski definition) is 0. The number of rotatable bonds is 8. The van der Waals surface area contributed by atoms with Gasteiger partial charge in [-0.1, -0.05) is 23.7 Å². The van der Waals surface area contributed by atoms with Gasteiger partial charge in [0, 0.05) is 30.7 Å². The number of nitro groups is 1. The minimum Gasteiger partial charge on any atom is -0.339 e. The third-order valence-corrected chi connectivity index (χ3v) is 4.95. The van der Waals surface area contributed by atoms with Gasteiger partial charge >= 0.3 is 0 Å². The maximum atomic E-state index is 12.3. The van der Waals surface area contributed by atoms with E-state index in [1.165, 1.54) is 17.0 Å². The van der Waals surface area contributed by atoms with Crippen LogP contribution in [0.15, 0.2) is 53.1 Å². The number of benzene rings is 2. The number of imide groups is 1. The average molecular weight is 406 g/mol. The number of nitro benzene ring substituents is 1. The lowest BCUT2D eigenvalue weighted by Crippen LogP contribution is -2.30. The summed E-state index contributed by atoms with van der Waals surface area (Å²) in [5, 5.41) is 14.6. The van der Waals surface area contributed by atoms with Crippen molar-refractivity contribution in [1.82, 2.24) is 15.0 Å². The van der Waals surface area contributed by atoms with Crippen molar-refractivity contribution in [2.45, 2.75) is 25.7 Å². The average Bonchev–Trinajstić information content (AvgIpc) is 3.32. The van der Waals surface area contributed by atoms with Gasteiger partial charge in [0.15, 0.2) is 0 Å². The van der Waals surface area contributed by atoms with Gasteiger partial charge in [0.25, 0.3) is 17.5 Å². The Balaban J connectivity index is 1.25. The molecule has 3 aromatic rings. The van der Waals surface area contributed by atoms with E-state index in [-0.39, 0.29) is 17.5 Å². The first-order chi connectivity index (χ1) is 14.5. The highest BCUT2D eigenvalue weighted by Crippen LogP contribution is 2.23. The Bertz CT molecular complexity index is 1070. The van der Waals surface area contributed by atoms with Gasteiger partial charge in [-0.3, -0.25) is 24.6 Å². The largest absolute Gasteiger partial charge is 0.339 e. The van der Waals surface area contributed by atoms with Gasteiger partial charge in [-0.15, -0.1) is 0 Å². The van der Waals surface area contributed by atoms with Crippen LogP contribution in [0.3, 0.4) is 0 Å². The summed E-state index contributed by atoms with van der Waals surface area (Å²) in [4.78, 5) is 40.5. The fourth-order valence-corrected chi connectivity index (χ4v) is 3.37. The molecule has 9 nitrogen and oxygen atoms in total. The SMILES string of the molecule is O=C1c2ccccc2C(=O)N1CCCCCc1nc(-c2ccc([N+](=O)[O-])cc2)no1. The van der Waals surface area contributed by atoms with Crippen LogP contribution in [0.25, 0.3) is 11.4 Å². The van der Waals surface area contributed by atoms with E-state index in [1.54, 1.807) is 36.4 Å². The standard InChI is InChI=1S/C21H18N4O5/c26-20-16-6-3-4-7-17(16)21(27)24(20)13-5-1-2-8-18-22-19(23-30-18)14-9-11-15(12-10-14)25(28)29/h3-4,6-7,9-12H,1-2,5,8,13H2. The molecule has 30 heavy (non-hydrogen) atoms. The second kappa shape index (κ2) is 8.24. The van der Waals surface area contributed by atoms with Crippen LogP contribution in [0.5, 0.6) is 0 Å². The van der Waals surface area contributed by atoms with Gasteiger partial charge in [-0.25, -0.2) is 0 Å². The lowest BCUT2D eigenvalue weighted by Gasteiger charge is -2.13. The number of nitrogens with zero attached hydrogens (tertiary/aromatic N) is 4. The van der Waals surface area contributed by atoms with Gasteiger partial charge in [-0.2, -0.15) is 4.98 Å². The van der Waals surface area contributed by atoms with Crippen LogP contribution in [-0.2, 0) is 6.42 Å². The summed E-state index contributed by atoms with van der Waals surface area (Å²) in [7, 11) is 0. The van der Waals surface area contributed by atoms with Crippen LogP contribution in [-0.4, -0.2) is 38.3 Å². The van der Waals surface area contributed by atoms with Crippen molar-refractivity contribution in [2.24, 2.45) is 0 Å². The molecule has 0 atom stereocenters. The maximum Gasteiger partial charge on any atom is 0.269 e. The Morgan fingerprint density at radius 3 is 2.23 bits per heavy atom. The van der Waals surface area contributed by atoms with Crippen molar-refractivity contribution in [3.8, 4) is 11.4 Å². The number of carbonyl (C=O) groups excluding carboxylic acids is 2. The van der Waals surface area contributed by atoms with E-state index in [0.29, 0.717) is 47.8 Å². The molecule has 0 aliphatic carbocycles. The van der Waals surface area contributed by atoms with Crippen molar-refractivity contribution in [1.29, 1.82) is 0 Å². The summed E-state index contributed by atoms with van der Waals surface area (Å²) in [5.74, 6) is 0.385. The highest BCUT2D eigenvalue weighted by molar-refractivity contribution is 6.21. The number of aryl methyl sites for hydroxylation is 1. The molecular weight excluding hydrogens is 388 g/mol. The van der Waals surface area contributed by atoms with Crippen molar-refractivity contribution in [3.05, 3.63) is 75.7 Å². The Labute approximate surface area is 171 Å². The van der Waals surface area contributed by atoms with Crippen molar-refractivity contribution >= 4 is 17.5 Å². The number of hydrogen-bond acceptors (Lipinski definition) is 7. The first-order valence-electron chi connectivity index (χ1n) is 9.57. The number of amides is 2. The van der Waals surface area contributed by atoms with Crippen LogP contribution < -0.4 is 0 Å². The Hall–Kier alpha value is -3.88. The number of fused-ring (bicyclic) bond motifs is 1. The van der Waals surface area contributed by atoms with E-state index >= 15 is 0 Å². The molecule has 2 heterocycles. The van der Waals surface area contributed by atoms with Crippen LogP contribution in [0.2, 0.25) is 0 Å². The Morgan fingerprint density at radius 1 is 0.933 bits per heavy atom. The Kier molecular flexibility index (Phi) is 5.34. The van der Waals surface area contributed by atoms with E-state index < -0.39 is 4.92 Å². The van der Waals surface area contributed by atoms with Crippen molar-refractivity contribution in [3.63, 3.8) is 0 Å². The molecule has 0 saturated heterocycles. The molecule has 2 aromatic carbocycles. The van der Waals surface area contributed by atoms with E-state index in [1.807, 2.05) is 0 Å². The van der Waals surface area contributed by atoms with Gasteiger partial charge in [-0.05, 0) is 37.1 Å². The molecule has 0 radical (unpaired) electrons. The summed E-state index contributed by atoms with van der Waals surface area (Å²) in [6.45, 7) is 0.379. The fourth-order valence-electron chi connectivity index (χ4n) is 3.37. The zero-order valence-corrected chi connectivity index (χ0v) is 16.0. The number of carbonyl (C=O) groups is 2. The summed E-state index contributed by atoms with van der Waals surface area (Å²) < 4.78 is 5.24. The zero-order valence-electron chi connectivity index (χ0n) is 16.0. The molecule has 1 aromatic heterocycles. The van der Waals surface area contributed by atoms with Crippen LogP contribution in [0, 0.1) is 10.1 Å². The first kappa shape index (κ1) is 19.4. The van der Waals surface area contributed by atoms with Gasteiger partial charge in [0.1, 0.15) is 0 Å². The third kappa shape index (κ3) is 3.82. The highest BCUT2D eigenvalue weighted by atomic mass is 16.6. The van der Waals surface area contributed by atoms with Crippen molar-refractivity contribution in [2.75, 3.05) is 6.54 Å². The second-order valence-corrected chi connectivity index (χ2v) is 6.93. The second-order valence-electron chi connectivity index (χ2n) is 6.93. The first-order valence-corrected chi connectivity index (χ1v) is 9.57. The van der Waals surface area contributed by atoms with Crippen LogP contribution in [0.1, 0.15) is 45.9 Å². The minimum absolute atomic E-state index is 0.000491. The van der Waals surface area contributed by atoms with E-state index in [4.69, 9.17) is 4.52 Å². The summed E-state index contributed by atoms with van der Waals surface area (Å²) in [6, 6.07) is 12.8. The van der Waals surface area contributed by atoms with E-state index in [2.05, 4.69) is 10.1 Å². The van der Waals surface area contributed by atoms with Gasteiger partial charge in [0.2, 0.25) is 11.7 Å². The quantitative estimate of drug-likeness (QED) is 0.242. The minimum atomic E-state index is -0.465. The molecule has 0 bridgehead atoms.